The molecule has 1 aromatic heterocycles. The molecule has 164 valence electrons. The fourth-order valence-electron chi connectivity index (χ4n) is 4.93. The highest BCUT2D eigenvalue weighted by atomic mass is 35.5. The average Bonchev–Trinajstić information content (AvgIpc) is 3.53. The number of imidazole rings is 1. The highest BCUT2D eigenvalue weighted by Crippen LogP contribution is 2.34. The predicted molar refractivity (Wildman–Crippen MR) is 121 cm³/mol. The van der Waals surface area contributed by atoms with Crippen molar-refractivity contribution in [1.29, 1.82) is 0 Å². The highest BCUT2D eigenvalue weighted by Gasteiger charge is 2.29. The second-order valence-corrected chi connectivity index (χ2v) is 9.80. The topological polar surface area (TPSA) is 42.6 Å². The predicted octanol–water partition coefficient (Wildman–Crippen LogP) is 3.49. The van der Waals surface area contributed by atoms with E-state index in [1.165, 1.54) is 19.4 Å². The third kappa shape index (κ3) is 4.30. The number of rotatable bonds is 6. The first-order valence-electron chi connectivity index (χ1n) is 11.2. The minimum Gasteiger partial charge on any atom is -0.379 e. The zero-order chi connectivity index (χ0) is 20.7. The summed E-state index contributed by atoms with van der Waals surface area (Å²) in [6, 6.07) is 3.96. The number of benzene rings is 1. The van der Waals surface area contributed by atoms with Gasteiger partial charge in [-0.05, 0) is 43.7 Å². The van der Waals surface area contributed by atoms with E-state index in [4.69, 9.17) is 27.9 Å². The molecule has 3 heterocycles. The van der Waals surface area contributed by atoms with Gasteiger partial charge in [-0.25, -0.2) is 4.79 Å². The van der Waals surface area contributed by atoms with E-state index in [0.717, 1.165) is 75.7 Å². The molecule has 5 rings (SSSR count). The van der Waals surface area contributed by atoms with Crippen molar-refractivity contribution in [2.75, 3.05) is 52.5 Å². The molecular weight excluding hydrogens is 423 g/mol. The fourth-order valence-corrected chi connectivity index (χ4v) is 5.25. The van der Waals surface area contributed by atoms with Gasteiger partial charge in [-0.15, -0.1) is 0 Å². The SMILES string of the molecule is O=c1n(CCN2CCOCC2)c2cc(Cl)c(Cl)cc2n1C1CCN(CC2CC2)CC1. The van der Waals surface area contributed by atoms with Crippen molar-refractivity contribution in [3.8, 4) is 0 Å². The van der Waals surface area contributed by atoms with Crippen LogP contribution < -0.4 is 5.69 Å². The second kappa shape index (κ2) is 8.83. The number of hydrogen-bond acceptors (Lipinski definition) is 4. The summed E-state index contributed by atoms with van der Waals surface area (Å²) in [7, 11) is 0. The summed E-state index contributed by atoms with van der Waals surface area (Å²) in [6.45, 7) is 8.20. The number of aromatic nitrogens is 2. The van der Waals surface area contributed by atoms with E-state index in [2.05, 4.69) is 9.80 Å². The van der Waals surface area contributed by atoms with E-state index >= 15 is 0 Å². The monoisotopic (exact) mass is 452 g/mol. The molecule has 2 saturated heterocycles. The van der Waals surface area contributed by atoms with Crippen LogP contribution in [-0.4, -0.2) is 71.4 Å². The lowest BCUT2D eigenvalue weighted by Gasteiger charge is -2.32. The van der Waals surface area contributed by atoms with Crippen LogP contribution >= 0.6 is 23.2 Å². The number of likely N-dealkylation sites (tertiary alicyclic amines) is 1. The van der Waals surface area contributed by atoms with Crippen LogP contribution in [-0.2, 0) is 11.3 Å². The van der Waals surface area contributed by atoms with Crippen LogP contribution in [0.3, 0.4) is 0 Å². The molecule has 0 unspecified atom stereocenters. The summed E-state index contributed by atoms with van der Waals surface area (Å²) >= 11 is 12.7. The van der Waals surface area contributed by atoms with Crippen LogP contribution in [0.4, 0.5) is 0 Å². The molecule has 0 amide bonds. The largest absolute Gasteiger partial charge is 0.379 e. The van der Waals surface area contributed by atoms with E-state index < -0.39 is 0 Å². The van der Waals surface area contributed by atoms with Crippen LogP contribution in [0.2, 0.25) is 10.0 Å². The maximum atomic E-state index is 13.5. The maximum absolute atomic E-state index is 13.5. The van der Waals surface area contributed by atoms with E-state index in [1.807, 2.05) is 21.3 Å². The number of hydrogen-bond donors (Lipinski definition) is 0. The van der Waals surface area contributed by atoms with Gasteiger partial charge in [0.2, 0.25) is 0 Å². The van der Waals surface area contributed by atoms with Gasteiger partial charge in [0.05, 0.1) is 34.3 Å². The summed E-state index contributed by atoms with van der Waals surface area (Å²) in [4.78, 5) is 18.5. The van der Waals surface area contributed by atoms with E-state index in [9.17, 15) is 4.79 Å². The Kier molecular flexibility index (Phi) is 6.13. The van der Waals surface area contributed by atoms with Gasteiger partial charge in [0.25, 0.3) is 0 Å². The number of fused-ring (bicyclic) bond motifs is 1. The Morgan fingerprint density at radius 3 is 2.20 bits per heavy atom. The summed E-state index contributed by atoms with van der Waals surface area (Å²) in [5, 5.41) is 1.01. The van der Waals surface area contributed by atoms with Crippen molar-refractivity contribution in [3.05, 3.63) is 32.7 Å². The number of ether oxygens (including phenoxy) is 1. The minimum atomic E-state index is 0.0669. The molecule has 0 atom stereocenters. The van der Waals surface area contributed by atoms with Gasteiger partial charge in [-0.2, -0.15) is 0 Å². The molecule has 0 bridgehead atoms. The normalized spacial score (nSPS) is 22.2. The standard InChI is InChI=1S/C22H30Cl2N4O2/c23-18-13-20-21(14-19(18)24)28(17-3-5-26(6-4-17)15-16-1-2-16)22(29)27(20)8-7-25-9-11-30-12-10-25/h13-14,16-17H,1-12,15H2. The van der Waals surface area contributed by atoms with Gasteiger partial charge in [0.1, 0.15) is 0 Å². The molecule has 0 radical (unpaired) electrons. The zero-order valence-corrected chi connectivity index (χ0v) is 18.9. The molecule has 6 nitrogen and oxygen atoms in total. The summed E-state index contributed by atoms with van der Waals surface area (Å²) < 4.78 is 9.33. The van der Waals surface area contributed by atoms with Crippen molar-refractivity contribution in [1.82, 2.24) is 18.9 Å². The molecule has 3 aliphatic rings. The molecule has 3 fully saturated rings. The van der Waals surface area contributed by atoms with Gasteiger partial charge >= 0.3 is 5.69 Å². The highest BCUT2D eigenvalue weighted by molar-refractivity contribution is 6.42. The quantitative estimate of drug-likeness (QED) is 0.672. The van der Waals surface area contributed by atoms with Crippen LogP contribution in [0.15, 0.2) is 16.9 Å². The van der Waals surface area contributed by atoms with Crippen LogP contribution in [0, 0.1) is 5.92 Å². The third-order valence-electron chi connectivity index (χ3n) is 6.88. The number of halogens is 2. The van der Waals surface area contributed by atoms with Crippen LogP contribution in [0.1, 0.15) is 31.7 Å². The fraction of sp³-hybridized carbons (Fsp3) is 0.682. The van der Waals surface area contributed by atoms with Gasteiger partial charge in [-0.3, -0.25) is 14.0 Å². The minimum absolute atomic E-state index is 0.0669. The first kappa shape index (κ1) is 20.8. The first-order chi connectivity index (χ1) is 14.6. The molecule has 8 heteroatoms. The van der Waals surface area contributed by atoms with Crippen LogP contribution in [0.5, 0.6) is 0 Å². The molecule has 1 aliphatic carbocycles. The first-order valence-corrected chi connectivity index (χ1v) is 12.0. The molecule has 30 heavy (non-hydrogen) atoms. The van der Waals surface area contributed by atoms with Gasteiger partial charge in [0.15, 0.2) is 0 Å². The molecular formula is C22H30Cl2N4O2. The molecule has 1 saturated carbocycles. The Hall–Kier alpha value is -1.05. The van der Waals surface area contributed by atoms with Crippen molar-refractivity contribution >= 4 is 34.2 Å². The van der Waals surface area contributed by atoms with Crippen molar-refractivity contribution in [2.45, 2.75) is 38.3 Å². The van der Waals surface area contributed by atoms with E-state index in [-0.39, 0.29) is 11.7 Å². The average molecular weight is 453 g/mol. The Labute approximate surface area is 187 Å². The number of morpholine rings is 1. The van der Waals surface area contributed by atoms with Crippen molar-refractivity contribution in [2.24, 2.45) is 5.92 Å². The Bertz CT molecular complexity index is 954. The lowest BCUT2D eigenvalue weighted by atomic mass is 10.0. The molecule has 0 N–H and O–H groups in total. The van der Waals surface area contributed by atoms with Crippen molar-refractivity contribution < 1.29 is 4.74 Å². The maximum Gasteiger partial charge on any atom is 0.329 e. The number of piperidine rings is 1. The Morgan fingerprint density at radius 1 is 0.867 bits per heavy atom. The van der Waals surface area contributed by atoms with E-state index in [0.29, 0.717) is 16.6 Å². The Balaban J connectivity index is 1.41. The van der Waals surface area contributed by atoms with Crippen molar-refractivity contribution in [3.63, 3.8) is 0 Å². The zero-order valence-electron chi connectivity index (χ0n) is 17.4. The molecule has 2 aliphatic heterocycles. The summed E-state index contributed by atoms with van der Waals surface area (Å²) in [5.41, 5.74) is 1.87. The lowest BCUT2D eigenvalue weighted by Crippen LogP contribution is -2.40. The van der Waals surface area contributed by atoms with Gasteiger partial charge in [-0.1, -0.05) is 23.2 Å². The molecule has 0 spiro atoms. The Morgan fingerprint density at radius 2 is 1.53 bits per heavy atom. The van der Waals surface area contributed by atoms with Crippen LogP contribution in [0.25, 0.3) is 11.0 Å². The number of nitrogens with zero attached hydrogens (tertiary/aromatic N) is 4. The smallest absolute Gasteiger partial charge is 0.329 e. The van der Waals surface area contributed by atoms with Gasteiger partial charge in [0, 0.05) is 51.9 Å². The lowest BCUT2D eigenvalue weighted by molar-refractivity contribution is 0.0364. The second-order valence-electron chi connectivity index (χ2n) is 8.99. The molecule has 2 aromatic rings. The van der Waals surface area contributed by atoms with Gasteiger partial charge < -0.3 is 9.64 Å². The summed E-state index contributed by atoms with van der Waals surface area (Å²) in [5.74, 6) is 0.910. The molecule has 1 aromatic carbocycles. The van der Waals surface area contributed by atoms with E-state index in [1.54, 1.807) is 0 Å². The summed E-state index contributed by atoms with van der Waals surface area (Å²) in [6.07, 6.45) is 4.79. The third-order valence-corrected chi connectivity index (χ3v) is 7.61.